The molecule has 1 heterocycles. The number of nitrogens with one attached hydrogen (secondary N) is 1. The number of amides is 2. The van der Waals surface area contributed by atoms with Crippen molar-refractivity contribution in [1.82, 2.24) is 10.2 Å². The fourth-order valence-corrected chi connectivity index (χ4v) is 2.92. The van der Waals surface area contributed by atoms with Crippen molar-refractivity contribution in [3.8, 4) is 11.5 Å². The van der Waals surface area contributed by atoms with E-state index < -0.39 is 36.0 Å². The molecule has 1 aliphatic rings. The number of aliphatic hydroxyl groups is 1. The predicted octanol–water partition coefficient (Wildman–Crippen LogP) is -0.419. The van der Waals surface area contributed by atoms with Crippen molar-refractivity contribution >= 4 is 17.8 Å². The molecular weight excluding hydrogens is 344 g/mol. The maximum absolute atomic E-state index is 12.4. The zero-order valence-corrected chi connectivity index (χ0v) is 14.3. The minimum absolute atomic E-state index is 0.123. The van der Waals surface area contributed by atoms with Crippen LogP contribution in [0.5, 0.6) is 11.5 Å². The predicted molar refractivity (Wildman–Crippen MR) is 89.5 cm³/mol. The van der Waals surface area contributed by atoms with Gasteiger partial charge in [0.05, 0.1) is 0 Å². The van der Waals surface area contributed by atoms with Gasteiger partial charge in [-0.05, 0) is 37.5 Å². The van der Waals surface area contributed by atoms with Gasteiger partial charge in [-0.2, -0.15) is 0 Å². The summed E-state index contributed by atoms with van der Waals surface area (Å²) < 4.78 is 0. The molecule has 0 aliphatic carbocycles. The summed E-state index contributed by atoms with van der Waals surface area (Å²) in [4.78, 5) is 36.8. The summed E-state index contributed by atoms with van der Waals surface area (Å²) in [6.45, 7) is 1.74. The van der Waals surface area contributed by atoms with Crippen LogP contribution in [0.15, 0.2) is 18.2 Å². The zero-order valence-electron chi connectivity index (χ0n) is 14.3. The van der Waals surface area contributed by atoms with Gasteiger partial charge in [0, 0.05) is 13.0 Å². The van der Waals surface area contributed by atoms with Crippen LogP contribution < -0.4 is 5.32 Å². The van der Waals surface area contributed by atoms with Crippen LogP contribution in [-0.2, 0) is 20.8 Å². The number of carbonyl (C=O) groups excluding carboxylic acids is 2. The molecule has 9 heteroatoms. The number of aliphatic carboxylic acids is 1. The molecular formula is C17H22N2O7. The van der Waals surface area contributed by atoms with Crippen LogP contribution in [-0.4, -0.2) is 67.8 Å². The Balaban J connectivity index is 1.93. The standard InChI is InChI=1S/C17H22N2O7/c1-9(16(24)19-6-2-3-11(19)17(25)26)18-15(23)14(22)8-10-4-5-12(20)13(21)7-10/h4-5,7,9,11,14,20-22H,2-3,6,8H2,1H3,(H,18,23)(H,25,26)/t9-,11-,14+/m0/s1. The van der Waals surface area contributed by atoms with Crippen LogP contribution in [0.3, 0.4) is 0 Å². The summed E-state index contributed by atoms with van der Waals surface area (Å²) in [6, 6.07) is 2.03. The van der Waals surface area contributed by atoms with Crippen molar-refractivity contribution in [2.75, 3.05) is 6.54 Å². The lowest BCUT2D eigenvalue weighted by Crippen LogP contribution is -2.52. The van der Waals surface area contributed by atoms with E-state index in [9.17, 15) is 29.7 Å². The van der Waals surface area contributed by atoms with Crippen molar-refractivity contribution in [2.24, 2.45) is 0 Å². The number of carboxylic acids is 1. The molecule has 0 bridgehead atoms. The van der Waals surface area contributed by atoms with E-state index >= 15 is 0 Å². The Hall–Kier alpha value is -2.81. The van der Waals surface area contributed by atoms with Crippen LogP contribution in [0.1, 0.15) is 25.3 Å². The summed E-state index contributed by atoms with van der Waals surface area (Å²) >= 11 is 0. The summed E-state index contributed by atoms with van der Waals surface area (Å²) in [5.41, 5.74) is 0.424. The summed E-state index contributed by atoms with van der Waals surface area (Å²) in [6.07, 6.45) is -0.643. The number of aromatic hydroxyl groups is 2. The Morgan fingerprint density at radius 2 is 1.96 bits per heavy atom. The van der Waals surface area contributed by atoms with Crippen molar-refractivity contribution in [3.05, 3.63) is 23.8 Å². The first-order valence-corrected chi connectivity index (χ1v) is 8.23. The lowest BCUT2D eigenvalue weighted by atomic mass is 10.1. The molecule has 0 aromatic heterocycles. The maximum Gasteiger partial charge on any atom is 0.326 e. The summed E-state index contributed by atoms with van der Waals surface area (Å²) in [5.74, 6) is -3.07. The molecule has 3 atom stereocenters. The molecule has 1 aromatic rings. The SMILES string of the molecule is C[C@H](NC(=O)[C@H](O)Cc1ccc(O)c(O)c1)C(=O)N1CCC[C@H]1C(=O)O. The number of carbonyl (C=O) groups is 3. The van der Waals surface area contributed by atoms with Gasteiger partial charge in [0.1, 0.15) is 18.2 Å². The molecule has 0 spiro atoms. The summed E-state index contributed by atoms with van der Waals surface area (Å²) in [7, 11) is 0. The third-order valence-corrected chi connectivity index (χ3v) is 4.32. The minimum atomic E-state index is -1.47. The monoisotopic (exact) mass is 366 g/mol. The molecule has 1 aromatic carbocycles. The Bertz CT molecular complexity index is 706. The maximum atomic E-state index is 12.4. The van der Waals surface area contributed by atoms with Crippen LogP contribution in [0.25, 0.3) is 0 Å². The van der Waals surface area contributed by atoms with Crippen LogP contribution in [0.4, 0.5) is 0 Å². The van der Waals surface area contributed by atoms with Gasteiger partial charge in [0.25, 0.3) is 0 Å². The lowest BCUT2D eigenvalue weighted by molar-refractivity contribution is -0.149. The second kappa shape index (κ2) is 8.05. The lowest BCUT2D eigenvalue weighted by Gasteiger charge is -2.25. The van der Waals surface area contributed by atoms with Gasteiger partial charge in [-0.15, -0.1) is 0 Å². The smallest absolute Gasteiger partial charge is 0.326 e. The van der Waals surface area contributed by atoms with Gasteiger partial charge in [-0.1, -0.05) is 6.07 Å². The molecule has 2 rings (SSSR count). The van der Waals surface area contributed by atoms with E-state index in [0.717, 1.165) is 0 Å². The first-order valence-electron chi connectivity index (χ1n) is 8.23. The number of benzene rings is 1. The highest BCUT2D eigenvalue weighted by molar-refractivity contribution is 5.91. The molecule has 1 saturated heterocycles. The highest BCUT2D eigenvalue weighted by Crippen LogP contribution is 2.25. The molecule has 1 aliphatic heterocycles. The number of aliphatic hydroxyl groups excluding tert-OH is 1. The molecule has 2 amide bonds. The number of nitrogens with zero attached hydrogens (tertiary/aromatic N) is 1. The molecule has 0 radical (unpaired) electrons. The average Bonchev–Trinajstić information content (AvgIpc) is 3.07. The van der Waals surface area contributed by atoms with Crippen LogP contribution in [0.2, 0.25) is 0 Å². The molecule has 5 N–H and O–H groups in total. The van der Waals surface area contributed by atoms with E-state index in [1.807, 2.05) is 0 Å². The van der Waals surface area contributed by atoms with Crippen molar-refractivity contribution in [2.45, 2.75) is 44.4 Å². The molecule has 1 fully saturated rings. The van der Waals surface area contributed by atoms with Gasteiger partial charge >= 0.3 is 5.97 Å². The Morgan fingerprint density at radius 3 is 2.58 bits per heavy atom. The number of phenolic OH excluding ortho intramolecular Hbond substituents is 2. The second-order valence-corrected chi connectivity index (χ2v) is 6.30. The fraction of sp³-hybridized carbons (Fsp3) is 0.471. The Kier molecular flexibility index (Phi) is 6.04. The molecule has 0 saturated carbocycles. The minimum Gasteiger partial charge on any atom is -0.504 e. The van der Waals surface area contributed by atoms with E-state index in [4.69, 9.17) is 5.11 Å². The highest BCUT2D eigenvalue weighted by atomic mass is 16.4. The normalized spacial score (nSPS) is 19.0. The third-order valence-electron chi connectivity index (χ3n) is 4.32. The van der Waals surface area contributed by atoms with E-state index in [0.29, 0.717) is 24.9 Å². The topological polar surface area (TPSA) is 147 Å². The summed E-state index contributed by atoms with van der Waals surface area (Å²) in [5, 5.41) is 40.2. The third kappa shape index (κ3) is 4.42. The van der Waals surface area contributed by atoms with E-state index in [1.54, 1.807) is 0 Å². The molecule has 0 unspecified atom stereocenters. The van der Waals surface area contributed by atoms with E-state index in [1.165, 1.54) is 30.0 Å². The first-order chi connectivity index (χ1) is 12.2. The first kappa shape index (κ1) is 19.5. The van der Waals surface area contributed by atoms with E-state index in [-0.39, 0.29) is 17.9 Å². The highest BCUT2D eigenvalue weighted by Gasteiger charge is 2.36. The Morgan fingerprint density at radius 1 is 1.27 bits per heavy atom. The van der Waals surface area contributed by atoms with Gasteiger partial charge in [0.15, 0.2) is 11.5 Å². The van der Waals surface area contributed by atoms with Gasteiger partial charge < -0.3 is 30.6 Å². The molecule has 9 nitrogen and oxygen atoms in total. The number of phenols is 2. The molecule has 26 heavy (non-hydrogen) atoms. The van der Waals surface area contributed by atoms with Crippen LogP contribution >= 0.6 is 0 Å². The number of rotatable bonds is 6. The number of carboxylic acid groups (broad SMARTS) is 1. The number of hydrogen-bond acceptors (Lipinski definition) is 6. The van der Waals surface area contributed by atoms with Gasteiger partial charge in [0.2, 0.25) is 11.8 Å². The van der Waals surface area contributed by atoms with Gasteiger partial charge in [-0.25, -0.2) is 4.79 Å². The van der Waals surface area contributed by atoms with E-state index in [2.05, 4.69) is 5.32 Å². The zero-order chi connectivity index (χ0) is 19.4. The average molecular weight is 366 g/mol. The number of hydrogen-bond donors (Lipinski definition) is 5. The largest absolute Gasteiger partial charge is 0.504 e. The quantitative estimate of drug-likeness (QED) is 0.430. The van der Waals surface area contributed by atoms with Crippen molar-refractivity contribution in [1.29, 1.82) is 0 Å². The van der Waals surface area contributed by atoms with Crippen LogP contribution in [0, 0.1) is 0 Å². The molecule has 142 valence electrons. The van der Waals surface area contributed by atoms with Gasteiger partial charge in [-0.3, -0.25) is 9.59 Å². The van der Waals surface area contributed by atoms with Crippen molar-refractivity contribution < 1.29 is 34.8 Å². The Labute approximate surface area is 149 Å². The second-order valence-electron chi connectivity index (χ2n) is 6.30. The number of likely N-dealkylation sites (tertiary alicyclic amines) is 1. The van der Waals surface area contributed by atoms with Crippen molar-refractivity contribution in [3.63, 3.8) is 0 Å². The fourth-order valence-electron chi connectivity index (χ4n) is 2.92.